The van der Waals surface area contributed by atoms with E-state index in [2.05, 4.69) is 16.0 Å². The number of nitrogens with one attached hydrogen (secondary N) is 3. The Balaban J connectivity index is 0.00000132. The van der Waals surface area contributed by atoms with Gasteiger partial charge in [-0.25, -0.2) is 4.39 Å². The molecule has 3 aliphatic rings. The molecule has 2 unspecified atom stereocenters. The lowest BCUT2D eigenvalue weighted by molar-refractivity contribution is -0.136. The highest BCUT2D eigenvalue weighted by Crippen LogP contribution is 2.24. The number of nitrogens with zero attached hydrogens (tertiary/aromatic N) is 1. The molecule has 4 bridgehead atoms. The van der Waals surface area contributed by atoms with Gasteiger partial charge in [0, 0.05) is 38.0 Å². The molecule has 266 valence electrons. The number of amides is 4. The summed E-state index contributed by atoms with van der Waals surface area (Å²) in [5, 5.41) is 8.20. The minimum absolute atomic E-state index is 0.0727. The number of rotatable bonds is 5. The zero-order valence-electron chi connectivity index (χ0n) is 29.8. The van der Waals surface area contributed by atoms with E-state index in [0.29, 0.717) is 36.6 Å². The standard InChI is InChI=1S/C33H35FN4O5.3C2H6/c34-27-9-2-1-7-24(27)21-35-32(41)28-19-23-10-13-25(14-11-23)43-26-8-5-6-22(18-26)12-15-30(39)36-29(33(42)37-28)20-31(40)38-16-3-4-17-38;3*1-2/h1-2,5-11,13-14,18,28-29H,3-4,12,15-17,19-21H2,(H,35,41)(H,36,39)(H,37,42);3*1-2H3. The van der Waals surface area contributed by atoms with Crippen molar-refractivity contribution in [2.24, 2.45) is 0 Å². The summed E-state index contributed by atoms with van der Waals surface area (Å²) < 4.78 is 20.2. The van der Waals surface area contributed by atoms with Gasteiger partial charge in [-0.3, -0.25) is 19.2 Å². The molecule has 2 atom stereocenters. The Morgan fingerprint density at radius 3 is 2.16 bits per heavy atom. The third kappa shape index (κ3) is 13.0. The highest BCUT2D eigenvalue weighted by Gasteiger charge is 2.31. The second-order valence-electron chi connectivity index (χ2n) is 10.9. The van der Waals surface area contributed by atoms with E-state index in [1.54, 1.807) is 47.4 Å². The summed E-state index contributed by atoms with van der Waals surface area (Å²) in [6, 6.07) is 18.5. The van der Waals surface area contributed by atoms with Crippen molar-refractivity contribution < 1.29 is 28.3 Å². The Kier molecular flexibility index (Phi) is 18.2. The summed E-state index contributed by atoms with van der Waals surface area (Å²) in [7, 11) is 0. The van der Waals surface area contributed by atoms with E-state index in [-0.39, 0.29) is 31.7 Å². The van der Waals surface area contributed by atoms with Gasteiger partial charge >= 0.3 is 0 Å². The molecule has 10 heteroatoms. The third-order valence-electron chi connectivity index (χ3n) is 7.67. The van der Waals surface area contributed by atoms with Crippen LogP contribution in [0.25, 0.3) is 0 Å². The van der Waals surface area contributed by atoms with E-state index < -0.39 is 35.6 Å². The maximum absolute atomic E-state index is 14.2. The second-order valence-corrected chi connectivity index (χ2v) is 10.9. The summed E-state index contributed by atoms with van der Waals surface area (Å²) >= 11 is 0. The largest absolute Gasteiger partial charge is 0.457 e. The molecule has 0 saturated carbocycles. The van der Waals surface area contributed by atoms with E-state index in [1.165, 1.54) is 6.07 Å². The van der Waals surface area contributed by atoms with Crippen molar-refractivity contribution in [3.8, 4) is 11.5 Å². The van der Waals surface area contributed by atoms with Crippen LogP contribution in [0.1, 0.15) is 83.9 Å². The number of aryl methyl sites for hydroxylation is 1. The van der Waals surface area contributed by atoms with Crippen LogP contribution < -0.4 is 20.7 Å². The third-order valence-corrected chi connectivity index (χ3v) is 7.67. The minimum atomic E-state index is -1.17. The summed E-state index contributed by atoms with van der Waals surface area (Å²) in [5.74, 6) is -1.04. The van der Waals surface area contributed by atoms with E-state index in [0.717, 1.165) is 24.0 Å². The van der Waals surface area contributed by atoms with E-state index >= 15 is 0 Å². The highest BCUT2D eigenvalue weighted by atomic mass is 19.1. The molecule has 9 nitrogen and oxygen atoms in total. The number of carbonyl (C=O) groups excluding carboxylic acids is 4. The van der Waals surface area contributed by atoms with Crippen molar-refractivity contribution in [1.82, 2.24) is 20.9 Å². The van der Waals surface area contributed by atoms with Crippen molar-refractivity contribution >= 4 is 23.6 Å². The zero-order valence-corrected chi connectivity index (χ0v) is 29.8. The van der Waals surface area contributed by atoms with Crippen LogP contribution in [0.4, 0.5) is 4.39 Å². The van der Waals surface area contributed by atoms with Crippen molar-refractivity contribution in [2.45, 2.75) is 98.7 Å². The Morgan fingerprint density at radius 2 is 1.49 bits per heavy atom. The summed E-state index contributed by atoms with van der Waals surface area (Å²) in [6.45, 7) is 13.1. The molecule has 0 spiro atoms. The van der Waals surface area contributed by atoms with Gasteiger partial charge in [-0.2, -0.15) is 0 Å². The Labute approximate surface area is 291 Å². The highest BCUT2D eigenvalue weighted by molar-refractivity contribution is 5.95. The SMILES string of the molecule is CC.CC.CC.O=C1CCc2cccc(c2)Oc2ccc(cc2)CC(C(=O)NCc2ccccc2F)NC(=O)C(CC(=O)N2CCCC2)N1. The van der Waals surface area contributed by atoms with Gasteiger partial charge in [0.2, 0.25) is 23.6 Å². The number of hydrogen-bond donors (Lipinski definition) is 3. The van der Waals surface area contributed by atoms with Crippen LogP contribution in [0, 0.1) is 5.82 Å². The number of hydrogen-bond acceptors (Lipinski definition) is 5. The Morgan fingerprint density at radius 1 is 0.816 bits per heavy atom. The smallest absolute Gasteiger partial charge is 0.243 e. The van der Waals surface area contributed by atoms with Crippen molar-refractivity contribution in [3.63, 3.8) is 0 Å². The van der Waals surface area contributed by atoms with Crippen LogP contribution in [-0.2, 0) is 38.6 Å². The van der Waals surface area contributed by atoms with E-state index in [1.807, 2.05) is 65.8 Å². The molecular weight excluding hydrogens is 623 g/mol. The fourth-order valence-electron chi connectivity index (χ4n) is 5.26. The first kappa shape index (κ1) is 40.4. The molecule has 3 heterocycles. The molecule has 4 amide bonds. The van der Waals surface area contributed by atoms with Crippen LogP contribution >= 0.6 is 0 Å². The summed E-state index contributed by atoms with van der Waals surface area (Å²) in [6.07, 6.45) is 2.16. The van der Waals surface area contributed by atoms with Crippen molar-refractivity contribution in [3.05, 3.63) is 95.3 Å². The summed E-state index contributed by atoms with van der Waals surface area (Å²) in [5.41, 5.74) is 1.93. The van der Waals surface area contributed by atoms with Gasteiger partial charge in [0.1, 0.15) is 29.4 Å². The number of carbonyl (C=O) groups is 4. The number of halogens is 1. The van der Waals surface area contributed by atoms with Gasteiger partial charge in [-0.1, -0.05) is 84.0 Å². The first-order valence-electron chi connectivity index (χ1n) is 17.6. The molecular formula is C39H53FN4O5. The van der Waals surface area contributed by atoms with Crippen LogP contribution in [0.3, 0.4) is 0 Å². The fraction of sp³-hybridized carbons (Fsp3) is 0.436. The van der Waals surface area contributed by atoms with Gasteiger partial charge < -0.3 is 25.6 Å². The molecule has 3 aliphatic heterocycles. The van der Waals surface area contributed by atoms with Gasteiger partial charge in [-0.05, 0) is 60.7 Å². The van der Waals surface area contributed by atoms with E-state index in [9.17, 15) is 23.6 Å². The molecule has 6 rings (SSSR count). The number of likely N-dealkylation sites (tertiary alicyclic amines) is 1. The molecule has 0 radical (unpaired) electrons. The minimum Gasteiger partial charge on any atom is -0.457 e. The van der Waals surface area contributed by atoms with Crippen molar-refractivity contribution in [1.29, 1.82) is 0 Å². The topological polar surface area (TPSA) is 117 Å². The average molecular weight is 677 g/mol. The number of ether oxygens (including phenoxy) is 1. The normalized spacial score (nSPS) is 17.2. The molecule has 0 aliphatic carbocycles. The Hall–Kier alpha value is -4.73. The first-order valence-corrected chi connectivity index (χ1v) is 17.6. The van der Waals surface area contributed by atoms with Crippen LogP contribution in [0.5, 0.6) is 11.5 Å². The molecule has 1 fully saturated rings. The fourth-order valence-corrected chi connectivity index (χ4v) is 5.26. The van der Waals surface area contributed by atoms with Crippen LogP contribution in [0.15, 0.2) is 72.8 Å². The molecule has 0 aromatic heterocycles. The van der Waals surface area contributed by atoms with Gasteiger partial charge in [0.05, 0.1) is 6.42 Å². The monoisotopic (exact) mass is 676 g/mol. The van der Waals surface area contributed by atoms with Gasteiger partial charge in [-0.15, -0.1) is 0 Å². The lowest BCUT2D eigenvalue weighted by Gasteiger charge is -2.25. The predicted octanol–water partition coefficient (Wildman–Crippen LogP) is 6.48. The van der Waals surface area contributed by atoms with Crippen LogP contribution in [-0.4, -0.2) is 53.7 Å². The maximum Gasteiger partial charge on any atom is 0.243 e. The lowest BCUT2D eigenvalue weighted by Crippen LogP contribution is -2.55. The molecule has 3 N–H and O–H groups in total. The molecule has 1 saturated heterocycles. The second kappa shape index (κ2) is 22.0. The quantitative estimate of drug-likeness (QED) is 0.286. The zero-order chi connectivity index (χ0) is 36.2. The first-order chi connectivity index (χ1) is 23.8. The molecule has 49 heavy (non-hydrogen) atoms. The lowest BCUT2D eigenvalue weighted by atomic mass is 10.0. The number of benzene rings is 3. The average Bonchev–Trinajstić information content (AvgIpc) is 3.69. The Bertz CT molecular complexity index is 1470. The predicted molar refractivity (Wildman–Crippen MR) is 192 cm³/mol. The molecule has 3 aromatic carbocycles. The van der Waals surface area contributed by atoms with Gasteiger partial charge in [0.15, 0.2) is 0 Å². The molecule has 3 aromatic rings. The summed E-state index contributed by atoms with van der Waals surface area (Å²) in [4.78, 5) is 54.8. The maximum atomic E-state index is 14.2. The number of fused-ring (bicyclic) bond motifs is 10. The van der Waals surface area contributed by atoms with E-state index in [4.69, 9.17) is 4.74 Å². The van der Waals surface area contributed by atoms with Crippen molar-refractivity contribution in [2.75, 3.05) is 13.1 Å². The van der Waals surface area contributed by atoms with Gasteiger partial charge in [0.25, 0.3) is 0 Å². The van der Waals surface area contributed by atoms with Crippen LogP contribution in [0.2, 0.25) is 0 Å².